The summed E-state index contributed by atoms with van der Waals surface area (Å²) in [5, 5.41) is 4.52. The van der Waals surface area contributed by atoms with E-state index in [9.17, 15) is 0 Å². The maximum atomic E-state index is 4.52. The molecule has 0 bridgehead atoms. The zero-order valence-corrected chi connectivity index (χ0v) is 6.27. The van der Waals surface area contributed by atoms with E-state index >= 15 is 0 Å². The SMILES string of the molecule is CCCC1CCCC[N]1. The molecule has 1 heteroatoms. The van der Waals surface area contributed by atoms with Gasteiger partial charge in [-0.05, 0) is 19.3 Å². The Morgan fingerprint density at radius 1 is 1.44 bits per heavy atom. The highest BCUT2D eigenvalue weighted by atomic mass is 14.9. The van der Waals surface area contributed by atoms with Crippen molar-refractivity contribution in [3.63, 3.8) is 0 Å². The third-order valence-corrected chi connectivity index (χ3v) is 1.95. The molecule has 1 nitrogen and oxygen atoms in total. The van der Waals surface area contributed by atoms with Gasteiger partial charge in [0, 0.05) is 12.6 Å². The van der Waals surface area contributed by atoms with Crippen LogP contribution in [0.4, 0.5) is 0 Å². The molecule has 0 N–H and O–H groups in total. The van der Waals surface area contributed by atoms with Crippen molar-refractivity contribution in [3.05, 3.63) is 0 Å². The van der Waals surface area contributed by atoms with Gasteiger partial charge in [0.15, 0.2) is 0 Å². The molecule has 0 spiro atoms. The van der Waals surface area contributed by atoms with Gasteiger partial charge in [-0.1, -0.05) is 19.8 Å². The molecule has 1 saturated heterocycles. The van der Waals surface area contributed by atoms with Crippen molar-refractivity contribution < 1.29 is 0 Å². The van der Waals surface area contributed by atoms with Gasteiger partial charge >= 0.3 is 0 Å². The Kier molecular flexibility index (Phi) is 3.05. The van der Waals surface area contributed by atoms with Crippen LogP contribution in [0.2, 0.25) is 0 Å². The Morgan fingerprint density at radius 3 is 2.89 bits per heavy atom. The first-order valence-corrected chi connectivity index (χ1v) is 4.10. The summed E-state index contributed by atoms with van der Waals surface area (Å²) in [4.78, 5) is 0. The summed E-state index contributed by atoms with van der Waals surface area (Å²) < 4.78 is 0. The average molecular weight is 126 g/mol. The first-order chi connectivity index (χ1) is 4.43. The average Bonchev–Trinajstić information content (AvgIpc) is 1.91. The molecule has 9 heavy (non-hydrogen) atoms. The summed E-state index contributed by atoms with van der Waals surface area (Å²) in [6.07, 6.45) is 6.72. The molecule has 0 aromatic heterocycles. The summed E-state index contributed by atoms with van der Waals surface area (Å²) in [7, 11) is 0. The second kappa shape index (κ2) is 3.89. The predicted octanol–water partition coefficient (Wildman–Crippen LogP) is 1.94. The Hall–Kier alpha value is -0.0400. The lowest BCUT2D eigenvalue weighted by Gasteiger charge is -2.20. The molecule has 1 rings (SSSR count). The quantitative estimate of drug-likeness (QED) is 0.537. The van der Waals surface area contributed by atoms with Crippen LogP contribution in [-0.4, -0.2) is 12.6 Å². The van der Waals surface area contributed by atoms with Crippen LogP contribution in [0.15, 0.2) is 0 Å². The third kappa shape index (κ3) is 2.35. The largest absolute Gasteiger partial charge is 0.238 e. The van der Waals surface area contributed by atoms with E-state index in [0.29, 0.717) is 0 Å². The van der Waals surface area contributed by atoms with Crippen LogP contribution in [0.3, 0.4) is 0 Å². The van der Waals surface area contributed by atoms with Gasteiger partial charge in [0.05, 0.1) is 0 Å². The number of rotatable bonds is 2. The van der Waals surface area contributed by atoms with Gasteiger partial charge in [0.2, 0.25) is 0 Å². The second-order valence-electron chi connectivity index (χ2n) is 2.84. The molecule has 1 aliphatic heterocycles. The van der Waals surface area contributed by atoms with Crippen LogP contribution >= 0.6 is 0 Å². The smallest absolute Gasteiger partial charge is 0.0245 e. The van der Waals surface area contributed by atoms with Crippen LogP contribution in [0.1, 0.15) is 39.0 Å². The van der Waals surface area contributed by atoms with Crippen molar-refractivity contribution in [3.8, 4) is 0 Å². The lowest BCUT2D eigenvalue weighted by atomic mass is 10.0. The topological polar surface area (TPSA) is 14.1 Å². The minimum Gasteiger partial charge on any atom is -0.238 e. The number of nitrogens with zero attached hydrogens (tertiary/aromatic N) is 1. The number of hydrogen-bond donors (Lipinski definition) is 0. The molecule has 0 aromatic carbocycles. The molecule has 1 aliphatic rings. The van der Waals surface area contributed by atoms with Crippen molar-refractivity contribution in [2.24, 2.45) is 0 Å². The van der Waals surface area contributed by atoms with Gasteiger partial charge < -0.3 is 0 Å². The molecular formula is C8H16N. The fourth-order valence-corrected chi connectivity index (χ4v) is 1.43. The Labute approximate surface area is 57.8 Å². The first kappa shape index (κ1) is 7.07. The van der Waals surface area contributed by atoms with E-state index in [4.69, 9.17) is 0 Å². The summed E-state index contributed by atoms with van der Waals surface area (Å²) in [6.45, 7) is 3.37. The monoisotopic (exact) mass is 126 g/mol. The van der Waals surface area contributed by atoms with Gasteiger partial charge in [-0.2, -0.15) is 0 Å². The van der Waals surface area contributed by atoms with Crippen LogP contribution in [0, 0.1) is 0 Å². The highest BCUT2D eigenvalue weighted by Gasteiger charge is 2.11. The number of hydrogen-bond acceptors (Lipinski definition) is 0. The van der Waals surface area contributed by atoms with Crippen LogP contribution in [0.25, 0.3) is 0 Å². The molecule has 0 aromatic rings. The van der Waals surface area contributed by atoms with E-state index in [1.807, 2.05) is 0 Å². The van der Waals surface area contributed by atoms with Crippen LogP contribution in [-0.2, 0) is 0 Å². The van der Waals surface area contributed by atoms with Gasteiger partial charge in [0.25, 0.3) is 0 Å². The standard InChI is InChI=1S/C8H16N/c1-2-5-8-6-3-4-7-9-8/h8H,2-7H2,1H3. The fraction of sp³-hybridized carbons (Fsp3) is 1.00. The summed E-state index contributed by atoms with van der Waals surface area (Å²) >= 11 is 0. The number of piperidine rings is 1. The second-order valence-corrected chi connectivity index (χ2v) is 2.84. The minimum atomic E-state index is 0.726. The fourth-order valence-electron chi connectivity index (χ4n) is 1.43. The molecule has 1 unspecified atom stereocenters. The van der Waals surface area contributed by atoms with Crippen molar-refractivity contribution in [1.82, 2.24) is 5.32 Å². The van der Waals surface area contributed by atoms with Gasteiger partial charge in [-0.15, -0.1) is 0 Å². The van der Waals surface area contributed by atoms with Gasteiger partial charge in [0.1, 0.15) is 0 Å². The molecule has 1 radical (unpaired) electrons. The molecule has 0 saturated carbocycles. The molecule has 1 heterocycles. The predicted molar refractivity (Wildman–Crippen MR) is 39.5 cm³/mol. The van der Waals surface area contributed by atoms with Crippen molar-refractivity contribution in [2.45, 2.75) is 45.1 Å². The maximum Gasteiger partial charge on any atom is 0.0245 e. The Bertz CT molecular complexity index is 62.2. The highest BCUT2D eigenvalue weighted by molar-refractivity contribution is 4.70. The van der Waals surface area contributed by atoms with E-state index in [1.165, 1.54) is 32.1 Å². The summed E-state index contributed by atoms with van der Waals surface area (Å²) in [5.41, 5.74) is 0. The third-order valence-electron chi connectivity index (χ3n) is 1.95. The lowest BCUT2D eigenvalue weighted by Crippen LogP contribution is -2.27. The van der Waals surface area contributed by atoms with Gasteiger partial charge in [-0.3, -0.25) is 0 Å². The molecular weight excluding hydrogens is 110 g/mol. The minimum absolute atomic E-state index is 0.726. The van der Waals surface area contributed by atoms with Crippen LogP contribution < -0.4 is 5.32 Å². The van der Waals surface area contributed by atoms with E-state index in [1.54, 1.807) is 0 Å². The summed E-state index contributed by atoms with van der Waals surface area (Å²) in [5.74, 6) is 0. The van der Waals surface area contributed by atoms with E-state index in [0.717, 1.165) is 12.6 Å². The molecule has 1 fully saturated rings. The van der Waals surface area contributed by atoms with E-state index < -0.39 is 0 Å². The van der Waals surface area contributed by atoms with Crippen LogP contribution in [0.5, 0.6) is 0 Å². The molecule has 1 atom stereocenters. The Balaban J connectivity index is 2.08. The van der Waals surface area contributed by atoms with Gasteiger partial charge in [-0.25, -0.2) is 5.32 Å². The normalized spacial score (nSPS) is 28.3. The zero-order valence-electron chi connectivity index (χ0n) is 6.27. The summed E-state index contributed by atoms with van der Waals surface area (Å²) in [6, 6.07) is 0.726. The van der Waals surface area contributed by atoms with E-state index in [2.05, 4.69) is 12.2 Å². The lowest BCUT2D eigenvalue weighted by molar-refractivity contribution is 0.372. The van der Waals surface area contributed by atoms with E-state index in [-0.39, 0.29) is 0 Å². The Morgan fingerprint density at radius 2 is 2.33 bits per heavy atom. The molecule has 0 amide bonds. The van der Waals surface area contributed by atoms with Crippen molar-refractivity contribution in [1.29, 1.82) is 0 Å². The van der Waals surface area contributed by atoms with Crippen molar-refractivity contribution >= 4 is 0 Å². The molecule has 0 aliphatic carbocycles. The zero-order chi connectivity index (χ0) is 6.53. The highest BCUT2D eigenvalue weighted by Crippen LogP contribution is 2.12. The maximum absolute atomic E-state index is 4.52. The molecule has 53 valence electrons. The first-order valence-electron chi connectivity index (χ1n) is 4.10. The van der Waals surface area contributed by atoms with Crippen molar-refractivity contribution in [2.75, 3.05) is 6.54 Å².